The van der Waals surface area contributed by atoms with Gasteiger partial charge in [-0.15, -0.1) is 0 Å². The molecule has 0 aliphatic rings. The third-order valence-electron chi connectivity index (χ3n) is 1.99. The average molecular weight is 260 g/mol. The van der Waals surface area contributed by atoms with E-state index in [2.05, 4.69) is 4.37 Å². The summed E-state index contributed by atoms with van der Waals surface area (Å²) in [5.41, 5.74) is 6.57. The maximum absolute atomic E-state index is 11.6. The molecule has 6 nitrogen and oxygen atoms in total. The summed E-state index contributed by atoms with van der Waals surface area (Å²) in [5, 5.41) is 0.382. The van der Waals surface area contributed by atoms with Crippen LogP contribution in [0.15, 0.2) is 0 Å². The van der Waals surface area contributed by atoms with Gasteiger partial charge >= 0.3 is 5.97 Å². The number of ether oxygens (including phenoxy) is 3. The third-order valence-corrected chi connectivity index (χ3v) is 2.75. The molecule has 0 spiro atoms. The van der Waals surface area contributed by atoms with Gasteiger partial charge in [-0.1, -0.05) is 0 Å². The van der Waals surface area contributed by atoms with Gasteiger partial charge in [0.05, 0.1) is 25.5 Å². The van der Waals surface area contributed by atoms with Crippen molar-refractivity contribution in [2.75, 3.05) is 39.3 Å². The van der Waals surface area contributed by atoms with E-state index in [1.807, 2.05) is 0 Å². The molecule has 0 atom stereocenters. The van der Waals surface area contributed by atoms with Crippen LogP contribution in [0.4, 0.5) is 5.00 Å². The van der Waals surface area contributed by atoms with Crippen molar-refractivity contribution in [2.24, 2.45) is 0 Å². The first-order chi connectivity index (χ1) is 8.16. The molecule has 0 aromatic carbocycles. The number of methoxy groups -OCH3 is 1. The highest BCUT2D eigenvalue weighted by molar-refractivity contribution is 7.10. The molecule has 0 aliphatic carbocycles. The van der Waals surface area contributed by atoms with Crippen LogP contribution in [0.1, 0.15) is 16.1 Å². The van der Waals surface area contributed by atoms with Crippen LogP contribution in [-0.4, -0.2) is 43.9 Å². The van der Waals surface area contributed by atoms with Crippen molar-refractivity contribution in [3.05, 3.63) is 11.3 Å². The van der Waals surface area contributed by atoms with Crippen LogP contribution >= 0.6 is 11.5 Å². The monoisotopic (exact) mass is 260 g/mol. The Hall–Kier alpha value is -1.18. The summed E-state index contributed by atoms with van der Waals surface area (Å²) in [6.07, 6.45) is 0. The molecule has 1 rings (SSSR count). The number of carbonyl (C=O) groups excluding carboxylic acids is 1. The van der Waals surface area contributed by atoms with Gasteiger partial charge in [-0.05, 0) is 18.5 Å². The van der Waals surface area contributed by atoms with Crippen molar-refractivity contribution in [2.45, 2.75) is 6.92 Å². The number of nitrogens with zero attached hydrogens (tertiary/aromatic N) is 1. The lowest BCUT2D eigenvalue weighted by atomic mass is 10.2. The van der Waals surface area contributed by atoms with Gasteiger partial charge in [-0.25, -0.2) is 4.79 Å². The van der Waals surface area contributed by atoms with Crippen molar-refractivity contribution < 1.29 is 19.0 Å². The Morgan fingerprint density at radius 2 is 2.06 bits per heavy atom. The molecule has 0 saturated heterocycles. The molecule has 1 aromatic heterocycles. The number of hydrogen-bond donors (Lipinski definition) is 1. The molecular formula is C10H16N2O4S. The second kappa shape index (κ2) is 7.21. The van der Waals surface area contributed by atoms with E-state index in [9.17, 15) is 4.79 Å². The van der Waals surface area contributed by atoms with Gasteiger partial charge in [0.25, 0.3) is 0 Å². The quantitative estimate of drug-likeness (QED) is 0.578. The van der Waals surface area contributed by atoms with E-state index >= 15 is 0 Å². The smallest absolute Gasteiger partial charge is 0.343 e. The van der Waals surface area contributed by atoms with Gasteiger partial charge < -0.3 is 19.9 Å². The highest BCUT2D eigenvalue weighted by atomic mass is 32.1. The fourth-order valence-corrected chi connectivity index (χ4v) is 1.79. The Morgan fingerprint density at radius 3 is 2.65 bits per heavy atom. The highest BCUT2D eigenvalue weighted by Crippen LogP contribution is 2.21. The number of esters is 1. The molecule has 17 heavy (non-hydrogen) atoms. The normalized spacial score (nSPS) is 10.5. The third kappa shape index (κ3) is 4.29. The lowest BCUT2D eigenvalue weighted by Gasteiger charge is -2.05. The number of carbonyl (C=O) groups is 1. The zero-order valence-corrected chi connectivity index (χ0v) is 10.7. The van der Waals surface area contributed by atoms with Crippen LogP contribution in [0.25, 0.3) is 0 Å². The molecular weight excluding hydrogens is 244 g/mol. The van der Waals surface area contributed by atoms with Crippen LogP contribution in [-0.2, 0) is 14.2 Å². The summed E-state index contributed by atoms with van der Waals surface area (Å²) >= 11 is 1.09. The fraction of sp³-hybridized carbons (Fsp3) is 0.600. The van der Waals surface area contributed by atoms with E-state index in [1.165, 1.54) is 0 Å². The highest BCUT2D eigenvalue weighted by Gasteiger charge is 2.17. The number of aryl methyl sites for hydroxylation is 1. The van der Waals surface area contributed by atoms with E-state index < -0.39 is 5.97 Å². The van der Waals surface area contributed by atoms with Gasteiger partial charge in [-0.2, -0.15) is 4.37 Å². The number of rotatable bonds is 7. The first kappa shape index (κ1) is 13.9. The second-order valence-electron chi connectivity index (χ2n) is 3.25. The predicted octanol–water partition coefficient (Wildman–Crippen LogP) is 0.854. The van der Waals surface area contributed by atoms with E-state index in [-0.39, 0.29) is 6.61 Å². The molecule has 0 radical (unpaired) electrons. The maximum atomic E-state index is 11.6. The van der Waals surface area contributed by atoms with Crippen molar-refractivity contribution in [1.29, 1.82) is 0 Å². The van der Waals surface area contributed by atoms with Crippen molar-refractivity contribution in [3.8, 4) is 0 Å². The Balaban J connectivity index is 2.26. The molecule has 0 saturated carbocycles. The molecule has 0 aliphatic heterocycles. The van der Waals surface area contributed by atoms with Crippen LogP contribution in [0.5, 0.6) is 0 Å². The largest absolute Gasteiger partial charge is 0.460 e. The van der Waals surface area contributed by atoms with Gasteiger partial charge in [0, 0.05) is 7.11 Å². The Morgan fingerprint density at radius 1 is 1.35 bits per heavy atom. The van der Waals surface area contributed by atoms with Gasteiger partial charge in [-0.3, -0.25) is 0 Å². The summed E-state index contributed by atoms with van der Waals surface area (Å²) in [6, 6.07) is 0. The van der Waals surface area contributed by atoms with Crippen LogP contribution in [0.2, 0.25) is 0 Å². The first-order valence-corrected chi connectivity index (χ1v) is 5.89. The minimum Gasteiger partial charge on any atom is -0.460 e. The fourth-order valence-electron chi connectivity index (χ4n) is 1.15. The standard InChI is InChI=1S/C10H16N2O4S/c1-7-8(9(11)17-12-7)10(13)16-6-5-15-4-3-14-2/h3-6,11H2,1-2H3. The Kier molecular flexibility index (Phi) is 5.88. The summed E-state index contributed by atoms with van der Waals surface area (Å²) in [6.45, 7) is 3.26. The average Bonchev–Trinajstić information content (AvgIpc) is 2.63. The van der Waals surface area contributed by atoms with Crippen molar-refractivity contribution in [1.82, 2.24) is 4.37 Å². The molecule has 96 valence electrons. The van der Waals surface area contributed by atoms with Crippen LogP contribution < -0.4 is 5.73 Å². The number of hydrogen-bond acceptors (Lipinski definition) is 7. The molecule has 0 amide bonds. The number of nitrogens with two attached hydrogens (primary N) is 1. The summed E-state index contributed by atoms with van der Waals surface area (Å²) in [5.74, 6) is -0.455. The van der Waals surface area contributed by atoms with Crippen molar-refractivity contribution in [3.63, 3.8) is 0 Å². The Labute approximate surface area is 104 Å². The Bertz CT molecular complexity index is 348. The topological polar surface area (TPSA) is 83.7 Å². The molecule has 0 unspecified atom stereocenters. The van der Waals surface area contributed by atoms with Gasteiger partial charge in [0.1, 0.15) is 17.2 Å². The lowest BCUT2D eigenvalue weighted by Crippen LogP contribution is -2.13. The van der Waals surface area contributed by atoms with E-state index in [0.29, 0.717) is 36.1 Å². The molecule has 0 bridgehead atoms. The van der Waals surface area contributed by atoms with Gasteiger partial charge in [0.15, 0.2) is 0 Å². The molecule has 0 fully saturated rings. The maximum Gasteiger partial charge on any atom is 0.343 e. The number of nitrogen functional groups attached to an aromatic ring is 1. The SMILES string of the molecule is COCCOCCOC(=O)c1c(C)nsc1N. The van der Waals surface area contributed by atoms with E-state index in [4.69, 9.17) is 19.9 Å². The second-order valence-corrected chi connectivity index (χ2v) is 4.05. The minimum absolute atomic E-state index is 0.192. The zero-order valence-electron chi connectivity index (χ0n) is 9.89. The van der Waals surface area contributed by atoms with Crippen LogP contribution in [0, 0.1) is 6.92 Å². The molecule has 7 heteroatoms. The number of aromatic nitrogens is 1. The van der Waals surface area contributed by atoms with Gasteiger partial charge in [0.2, 0.25) is 0 Å². The minimum atomic E-state index is -0.455. The molecule has 2 N–H and O–H groups in total. The van der Waals surface area contributed by atoms with Crippen LogP contribution in [0.3, 0.4) is 0 Å². The van der Waals surface area contributed by atoms with E-state index in [0.717, 1.165) is 11.5 Å². The predicted molar refractivity (Wildman–Crippen MR) is 64.2 cm³/mol. The summed E-state index contributed by atoms with van der Waals surface area (Å²) < 4.78 is 18.9. The number of anilines is 1. The molecule has 1 heterocycles. The van der Waals surface area contributed by atoms with Crippen molar-refractivity contribution >= 4 is 22.5 Å². The van der Waals surface area contributed by atoms with E-state index in [1.54, 1.807) is 14.0 Å². The lowest BCUT2D eigenvalue weighted by molar-refractivity contribution is 0.0214. The summed E-state index contributed by atoms with van der Waals surface area (Å²) in [7, 11) is 1.60. The molecule has 1 aromatic rings. The summed E-state index contributed by atoms with van der Waals surface area (Å²) in [4.78, 5) is 11.6. The first-order valence-electron chi connectivity index (χ1n) is 5.12. The zero-order chi connectivity index (χ0) is 12.7.